The molecule has 0 rings (SSSR count). The summed E-state index contributed by atoms with van der Waals surface area (Å²) >= 11 is 5.46. The highest BCUT2D eigenvalue weighted by Gasteiger charge is 2.12. The van der Waals surface area contributed by atoms with Crippen molar-refractivity contribution >= 4 is 30.3 Å². The van der Waals surface area contributed by atoms with E-state index in [0.29, 0.717) is 10.5 Å². The quantitative estimate of drug-likeness (QED) is 0.368. The Morgan fingerprint density at radius 2 is 2.21 bits per heavy atom. The molecule has 1 unspecified atom stereocenters. The number of nitrogens with two attached hydrogens (primary N) is 1. The van der Waals surface area contributed by atoms with Crippen LogP contribution in [0.3, 0.4) is 0 Å². The van der Waals surface area contributed by atoms with Crippen molar-refractivity contribution in [1.29, 1.82) is 0 Å². The van der Waals surface area contributed by atoms with E-state index in [4.69, 9.17) is 5.73 Å². The second kappa shape index (κ2) is 7.20. The van der Waals surface area contributed by atoms with Crippen molar-refractivity contribution in [2.45, 2.75) is 26.4 Å². The second-order valence-corrected chi connectivity index (χ2v) is 4.53. The van der Waals surface area contributed by atoms with Crippen LogP contribution in [-0.4, -0.2) is 28.6 Å². The topological polar surface area (TPSA) is 63.3 Å². The van der Waals surface area contributed by atoms with Gasteiger partial charge in [0, 0.05) is 0 Å². The highest BCUT2D eigenvalue weighted by atomic mass is 32.2. The summed E-state index contributed by atoms with van der Waals surface area (Å²) < 4.78 is 0. The van der Waals surface area contributed by atoms with E-state index in [1.54, 1.807) is 13.8 Å². The molecule has 14 heavy (non-hydrogen) atoms. The van der Waals surface area contributed by atoms with E-state index in [0.717, 1.165) is 17.9 Å². The van der Waals surface area contributed by atoms with Crippen molar-refractivity contribution in [2.75, 3.05) is 11.5 Å². The molecule has 3 N–H and O–H groups in total. The smallest absolute Gasteiger partial charge is 0.255 e. The van der Waals surface area contributed by atoms with Crippen LogP contribution >= 0.6 is 24.4 Å². The number of carbonyl (C=O) groups is 1. The summed E-state index contributed by atoms with van der Waals surface area (Å²) in [6.45, 7) is 3.34. The first kappa shape index (κ1) is 13.9. The Balaban J connectivity index is 4.44. The van der Waals surface area contributed by atoms with E-state index in [1.165, 1.54) is 11.8 Å². The van der Waals surface area contributed by atoms with Gasteiger partial charge in [-0.1, -0.05) is 0 Å². The normalized spacial score (nSPS) is 14.9. The minimum atomic E-state index is -0.624. The molecule has 1 atom stereocenters. The molecule has 0 aliphatic rings. The SMILES string of the molecule is C/C(=C(\SCCCS)C(N)=O)C(C)O. The Hall–Kier alpha value is -0.130. The minimum Gasteiger partial charge on any atom is -0.389 e. The van der Waals surface area contributed by atoms with Gasteiger partial charge in [-0.3, -0.25) is 4.79 Å². The third kappa shape index (κ3) is 4.93. The monoisotopic (exact) mass is 235 g/mol. The molecule has 5 heteroatoms. The molecule has 0 heterocycles. The summed E-state index contributed by atoms with van der Waals surface area (Å²) in [6, 6.07) is 0. The number of rotatable bonds is 6. The van der Waals surface area contributed by atoms with Crippen LogP contribution in [0.2, 0.25) is 0 Å². The molecule has 82 valence electrons. The lowest BCUT2D eigenvalue weighted by atomic mass is 10.2. The molecule has 0 spiro atoms. The van der Waals surface area contributed by atoms with Gasteiger partial charge in [-0.25, -0.2) is 0 Å². The van der Waals surface area contributed by atoms with E-state index in [1.807, 2.05) is 0 Å². The van der Waals surface area contributed by atoms with Gasteiger partial charge in [0.05, 0.1) is 11.0 Å². The number of hydrogen-bond donors (Lipinski definition) is 3. The lowest BCUT2D eigenvalue weighted by molar-refractivity contribution is -0.114. The van der Waals surface area contributed by atoms with Crippen molar-refractivity contribution in [3.05, 3.63) is 10.5 Å². The Kier molecular flexibility index (Phi) is 7.13. The van der Waals surface area contributed by atoms with Crippen molar-refractivity contribution in [1.82, 2.24) is 0 Å². The van der Waals surface area contributed by atoms with E-state index >= 15 is 0 Å². The second-order valence-electron chi connectivity index (χ2n) is 2.98. The average Bonchev–Trinajstić information content (AvgIpc) is 2.10. The van der Waals surface area contributed by atoms with Gasteiger partial charge in [-0.2, -0.15) is 12.6 Å². The number of thiol groups is 1. The van der Waals surface area contributed by atoms with Crippen LogP contribution in [0.1, 0.15) is 20.3 Å². The molecule has 0 saturated carbocycles. The third-order valence-electron chi connectivity index (χ3n) is 1.76. The molecule has 0 saturated heterocycles. The van der Waals surface area contributed by atoms with E-state index in [9.17, 15) is 9.90 Å². The van der Waals surface area contributed by atoms with Gasteiger partial charge in [0.25, 0.3) is 5.91 Å². The van der Waals surface area contributed by atoms with Crippen molar-refractivity contribution in [2.24, 2.45) is 5.73 Å². The lowest BCUT2D eigenvalue weighted by Crippen LogP contribution is -2.17. The standard InChI is InChI=1S/C9H17NO2S2/c1-6(7(2)11)8(9(10)12)14-5-3-4-13/h7,11,13H,3-5H2,1-2H3,(H2,10,12)/b8-6+. The summed E-state index contributed by atoms with van der Waals surface area (Å²) in [4.78, 5) is 11.5. The highest BCUT2D eigenvalue weighted by molar-refractivity contribution is 8.04. The van der Waals surface area contributed by atoms with Crippen molar-refractivity contribution in [3.63, 3.8) is 0 Å². The minimum absolute atomic E-state index is 0.465. The van der Waals surface area contributed by atoms with Crippen LogP contribution in [0.5, 0.6) is 0 Å². The fourth-order valence-electron chi connectivity index (χ4n) is 0.808. The highest BCUT2D eigenvalue weighted by Crippen LogP contribution is 2.22. The van der Waals surface area contributed by atoms with Gasteiger partial charge in [-0.05, 0) is 37.3 Å². The zero-order valence-electron chi connectivity index (χ0n) is 8.49. The van der Waals surface area contributed by atoms with Gasteiger partial charge < -0.3 is 10.8 Å². The molecule has 0 aromatic rings. The van der Waals surface area contributed by atoms with Gasteiger partial charge in [-0.15, -0.1) is 11.8 Å². The summed E-state index contributed by atoms with van der Waals surface area (Å²) in [5.74, 6) is 1.12. The average molecular weight is 235 g/mol. The zero-order chi connectivity index (χ0) is 11.1. The van der Waals surface area contributed by atoms with E-state index in [2.05, 4.69) is 12.6 Å². The summed E-state index contributed by atoms with van der Waals surface area (Å²) in [5.41, 5.74) is 5.85. The number of aliphatic hydroxyl groups excluding tert-OH is 1. The molecule has 0 aromatic carbocycles. The number of thioether (sulfide) groups is 1. The summed E-state index contributed by atoms with van der Waals surface area (Å²) in [6.07, 6.45) is 0.290. The van der Waals surface area contributed by atoms with Crippen LogP contribution in [0.4, 0.5) is 0 Å². The number of aliphatic hydroxyl groups is 1. The maximum Gasteiger partial charge on any atom is 0.255 e. The maximum atomic E-state index is 11.1. The molecule has 0 aliphatic heterocycles. The molecular formula is C9H17NO2S2. The Bertz CT molecular complexity index is 227. The predicted octanol–water partition coefficient (Wildman–Crippen LogP) is 1.18. The number of amides is 1. The molecule has 3 nitrogen and oxygen atoms in total. The molecule has 1 amide bonds. The summed E-state index contributed by atoms with van der Waals surface area (Å²) in [7, 11) is 0. The van der Waals surface area contributed by atoms with Crippen LogP contribution < -0.4 is 5.73 Å². The number of primary amides is 1. The van der Waals surface area contributed by atoms with Crippen molar-refractivity contribution in [3.8, 4) is 0 Å². The molecule has 0 radical (unpaired) electrons. The molecule has 0 aliphatic carbocycles. The maximum absolute atomic E-state index is 11.1. The zero-order valence-corrected chi connectivity index (χ0v) is 10.2. The first-order valence-electron chi connectivity index (χ1n) is 4.43. The first-order valence-corrected chi connectivity index (χ1v) is 6.04. The number of carbonyl (C=O) groups excluding carboxylic acids is 1. The van der Waals surface area contributed by atoms with Crippen molar-refractivity contribution < 1.29 is 9.90 Å². The Morgan fingerprint density at radius 3 is 2.57 bits per heavy atom. The molecule has 0 bridgehead atoms. The predicted molar refractivity (Wildman–Crippen MR) is 64.5 cm³/mol. The van der Waals surface area contributed by atoms with Crippen LogP contribution in [0, 0.1) is 0 Å². The fraction of sp³-hybridized carbons (Fsp3) is 0.667. The molecule has 0 aromatic heterocycles. The molecule has 0 fully saturated rings. The van der Waals surface area contributed by atoms with Crippen LogP contribution in [-0.2, 0) is 4.79 Å². The fourth-order valence-corrected chi connectivity index (χ4v) is 2.21. The van der Waals surface area contributed by atoms with E-state index in [-0.39, 0.29) is 0 Å². The third-order valence-corrected chi connectivity index (χ3v) is 3.38. The van der Waals surface area contributed by atoms with Gasteiger partial charge in [0.2, 0.25) is 0 Å². The van der Waals surface area contributed by atoms with Crippen LogP contribution in [0.15, 0.2) is 10.5 Å². The Labute approximate surface area is 94.5 Å². The first-order chi connectivity index (χ1) is 6.50. The summed E-state index contributed by atoms with van der Waals surface area (Å²) in [5, 5.41) is 9.30. The van der Waals surface area contributed by atoms with Crippen LogP contribution in [0.25, 0.3) is 0 Å². The Morgan fingerprint density at radius 1 is 1.64 bits per heavy atom. The van der Waals surface area contributed by atoms with E-state index < -0.39 is 12.0 Å². The van der Waals surface area contributed by atoms with Gasteiger partial charge >= 0.3 is 0 Å². The number of hydrogen-bond acceptors (Lipinski definition) is 4. The largest absolute Gasteiger partial charge is 0.389 e. The van der Waals surface area contributed by atoms with Gasteiger partial charge in [0.1, 0.15) is 0 Å². The van der Waals surface area contributed by atoms with Gasteiger partial charge in [0.15, 0.2) is 0 Å². The molecular weight excluding hydrogens is 218 g/mol. The lowest BCUT2D eigenvalue weighted by Gasteiger charge is -2.10.